The van der Waals surface area contributed by atoms with E-state index < -0.39 is 0 Å². The average Bonchev–Trinajstić information content (AvgIpc) is 2.96. The normalized spacial score (nSPS) is 15.1. The summed E-state index contributed by atoms with van der Waals surface area (Å²) in [7, 11) is 4.99. The molecule has 6 nitrogen and oxygen atoms in total. The Morgan fingerprint density at radius 3 is 2.39 bits per heavy atom. The van der Waals surface area contributed by atoms with Gasteiger partial charge in [-0.15, -0.1) is 0 Å². The van der Waals surface area contributed by atoms with Crippen molar-refractivity contribution in [3.05, 3.63) is 101 Å². The van der Waals surface area contributed by atoms with Gasteiger partial charge < -0.3 is 19.5 Å². The van der Waals surface area contributed by atoms with E-state index in [2.05, 4.69) is 58.7 Å². The van der Waals surface area contributed by atoms with E-state index in [0.717, 1.165) is 36.4 Å². The van der Waals surface area contributed by atoms with Crippen LogP contribution in [0.3, 0.4) is 0 Å². The van der Waals surface area contributed by atoms with Crippen molar-refractivity contribution in [3.8, 4) is 17.2 Å². The van der Waals surface area contributed by atoms with Crippen LogP contribution in [0.15, 0.2) is 78.9 Å². The molecule has 0 aromatic heterocycles. The van der Waals surface area contributed by atoms with E-state index in [9.17, 15) is 4.79 Å². The summed E-state index contributed by atoms with van der Waals surface area (Å²) in [5, 5.41) is 5.50. The molecule has 1 aliphatic heterocycles. The fourth-order valence-electron chi connectivity index (χ4n) is 5.37. The Hall–Kier alpha value is -4.03. The van der Waals surface area contributed by atoms with Crippen LogP contribution < -0.4 is 19.5 Å². The van der Waals surface area contributed by atoms with Crippen molar-refractivity contribution < 1.29 is 19.0 Å². The highest BCUT2D eigenvalue weighted by Crippen LogP contribution is 2.39. The Morgan fingerprint density at radius 2 is 1.63 bits per heavy atom. The molecule has 0 saturated heterocycles. The molecular formula is C32H34N2O4. The fourth-order valence-corrected chi connectivity index (χ4v) is 5.37. The lowest BCUT2D eigenvalue weighted by Gasteiger charge is -2.37. The average molecular weight is 511 g/mol. The third kappa shape index (κ3) is 5.46. The maximum absolute atomic E-state index is 13.2. The minimum atomic E-state index is 0.0154. The number of fused-ring (bicyclic) bond motifs is 2. The largest absolute Gasteiger partial charge is 0.497 e. The molecule has 1 N–H and O–H groups in total. The van der Waals surface area contributed by atoms with Gasteiger partial charge in [-0.05, 0) is 70.1 Å². The van der Waals surface area contributed by atoms with E-state index in [4.69, 9.17) is 14.2 Å². The summed E-state index contributed by atoms with van der Waals surface area (Å²) in [5.74, 6) is 2.28. The Labute approximate surface area is 224 Å². The smallest absolute Gasteiger partial charge is 0.234 e. The molecule has 1 heterocycles. The number of benzene rings is 4. The van der Waals surface area contributed by atoms with Crippen LogP contribution in [0.5, 0.6) is 17.2 Å². The van der Waals surface area contributed by atoms with E-state index in [1.165, 1.54) is 27.5 Å². The van der Waals surface area contributed by atoms with Crippen molar-refractivity contribution in [2.75, 3.05) is 34.4 Å². The molecule has 1 aliphatic rings. The molecule has 0 saturated carbocycles. The van der Waals surface area contributed by atoms with Crippen molar-refractivity contribution in [3.63, 3.8) is 0 Å². The Bertz CT molecular complexity index is 1410. The van der Waals surface area contributed by atoms with Crippen molar-refractivity contribution >= 4 is 16.7 Å². The standard InChI is InChI=1S/C32H34N2O4/c1-36-26-13-11-22(12-14-26)17-29-28-19-31(38-3)30(37-2)18-24(28)15-16-34(29)21-32(35)33-20-25-9-6-8-23-7-4-5-10-27(23)25/h4-14,18-19,29H,15-17,20-21H2,1-3H3,(H,33,35). The third-order valence-corrected chi connectivity index (χ3v) is 7.40. The molecule has 38 heavy (non-hydrogen) atoms. The van der Waals surface area contributed by atoms with Gasteiger partial charge in [0.1, 0.15) is 5.75 Å². The van der Waals surface area contributed by atoms with Gasteiger partial charge in [-0.3, -0.25) is 9.69 Å². The van der Waals surface area contributed by atoms with Gasteiger partial charge in [0.05, 0.1) is 27.9 Å². The third-order valence-electron chi connectivity index (χ3n) is 7.40. The number of methoxy groups -OCH3 is 3. The first-order chi connectivity index (χ1) is 18.6. The van der Waals surface area contributed by atoms with Gasteiger partial charge in [0.2, 0.25) is 5.91 Å². The Kier molecular flexibility index (Phi) is 7.80. The molecule has 0 aliphatic carbocycles. The fraction of sp³-hybridized carbons (Fsp3) is 0.281. The molecular weight excluding hydrogens is 476 g/mol. The quantitative estimate of drug-likeness (QED) is 0.330. The van der Waals surface area contributed by atoms with Gasteiger partial charge in [-0.2, -0.15) is 0 Å². The molecule has 6 heteroatoms. The molecule has 4 aromatic rings. The van der Waals surface area contributed by atoms with Gasteiger partial charge in [0.25, 0.3) is 0 Å². The lowest BCUT2D eigenvalue weighted by Crippen LogP contribution is -2.43. The monoisotopic (exact) mass is 510 g/mol. The van der Waals surface area contributed by atoms with Crippen LogP contribution in [-0.2, 0) is 24.2 Å². The second kappa shape index (κ2) is 11.6. The van der Waals surface area contributed by atoms with Crippen LogP contribution in [0.1, 0.15) is 28.3 Å². The highest BCUT2D eigenvalue weighted by molar-refractivity contribution is 5.86. The first-order valence-electron chi connectivity index (χ1n) is 12.9. The van der Waals surface area contributed by atoms with Crippen molar-refractivity contribution in [1.82, 2.24) is 10.2 Å². The number of hydrogen-bond donors (Lipinski definition) is 1. The predicted octanol–water partition coefficient (Wildman–Crippen LogP) is 5.32. The lowest BCUT2D eigenvalue weighted by atomic mass is 9.88. The zero-order valence-electron chi connectivity index (χ0n) is 22.2. The summed E-state index contributed by atoms with van der Waals surface area (Å²) in [6.07, 6.45) is 1.61. The number of amides is 1. The van der Waals surface area contributed by atoms with Gasteiger partial charge in [0.15, 0.2) is 11.5 Å². The SMILES string of the molecule is COc1ccc(CC2c3cc(OC)c(OC)cc3CCN2CC(=O)NCc2cccc3ccccc23)cc1. The number of carbonyl (C=O) groups excluding carboxylic acids is 1. The molecule has 1 amide bonds. The first kappa shape index (κ1) is 25.6. The number of ether oxygens (including phenoxy) is 3. The lowest BCUT2D eigenvalue weighted by molar-refractivity contribution is -0.123. The summed E-state index contributed by atoms with van der Waals surface area (Å²) >= 11 is 0. The zero-order valence-corrected chi connectivity index (χ0v) is 22.2. The van der Waals surface area contributed by atoms with Crippen LogP contribution in [0.2, 0.25) is 0 Å². The van der Waals surface area contributed by atoms with Crippen LogP contribution in [-0.4, -0.2) is 45.2 Å². The van der Waals surface area contributed by atoms with E-state index in [1.807, 2.05) is 30.3 Å². The van der Waals surface area contributed by atoms with Gasteiger partial charge >= 0.3 is 0 Å². The number of nitrogens with one attached hydrogen (secondary N) is 1. The van der Waals surface area contributed by atoms with Crippen LogP contribution >= 0.6 is 0 Å². The number of nitrogens with zero attached hydrogens (tertiary/aromatic N) is 1. The molecule has 1 atom stereocenters. The van der Waals surface area contributed by atoms with Gasteiger partial charge in [-0.1, -0.05) is 54.6 Å². The molecule has 0 fully saturated rings. The summed E-state index contributed by atoms with van der Waals surface area (Å²) in [5.41, 5.74) is 4.70. The molecule has 5 rings (SSSR count). The van der Waals surface area contributed by atoms with Gasteiger partial charge in [0, 0.05) is 19.1 Å². The van der Waals surface area contributed by atoms with E-state index in [0.29, 0.717) is 18.8 Å². The summed E-state index contributed by atoms with van der Waals surface area (Å²) in [6, 6.07) is 26.8. The Morgan fingerprint density at radius 1 is 0.895 bits per heavy atom. The topological polar surface area (TPSA) is 60.0 Å². The summed E-state index contributed by atoms with van der Waals surface area (Å²) in [6.45, 7) is 1.60. The van der Waals surface area contributed by atoms with Crippen LogP contribution in [0, 0.1) is 0 Å². The number of hydrogen-bond acceptors (Lipinski definition) is 5. The molecule has 4 aromatic carbocycles. The second-order valence-electron chi connectivity index (χ2n) is 9.61. The molecule has 0 bridgehead atoms. The van der Waals surface area contributed by atoms with E-state index in [-0.39, 0.29) is 11.9 Å². The van der Waals surface area contributed by atoms with Crippen molar-refractivity contribution in [1.29, 1.82) is 0 Å². The van der Waals surface area contributed by atoms with E-state index in [1.54, 1.807) is 21.3 Å². The minimum Gasteiger partial charge on any atom is -0.497 e. The zero-order chi connectivity index (χ0) is 26.5. The maximum Gasteiger partial charge on any atom is 0.234 e. The van der Waals surface area contributed by atoms with Gasteiger partial charge in [-0.25, -0.2) is 0 Å². The molecule has 0 spiro atoms. The van der Waals surface area contributed by atoms with Crippen LogP contribution in [0.25, 0.3) is 10.8 Å². The van der Waals surface area contributed by atoms with E-state index >= 15 is 0 Å². The van der Waals surface area contributed by atoms with Crippen molar-refractivity contribution in [2.24, 2.45) is 0 Å². The number of rotatable bonds is 9. The van der Waals surface area contributed by atoms with Crippen molar-refractivity contribution in [2.45, 2.75) is 25.4 Å². The highest BCUT2D eigenvalue weighted by Gasteiger charge is 2.30. The molecule has 1 unspecified atom stereocenters. The number of carbonyl (C=O) groups is 1. The first-order valence-corrected chi connectivity index (χ1v) is 12.9. The molecule has 0 radical (unpaired) electrons. The summed E-state index contributed by atoms with van der Waals surface area (Å²) < 4.78 is 16.5. The predicted molar refractivity (Wildman–Crippen MR) is 150 cm³/mol. The minimum absolute atomic E-state index is 0.0154. The van der Waals surface area contributed by atoms with Crippen LogP contribution in [0.4, 0.5) is 0 Å². The Balaban J connectivity index is 1.37. The maximum atomic E-state index is 13.2. The second-order valence-corrected chi connectivity index (χ2v) is 9.61. The summed E-state index contributed by atoms with van der Waals surface area (Å²) in [4.78, 5) is 15.5. The molecule has 196 valence electrons. The highest BCUT2D eigenvalue weighted by atomic mass is 16.5.